The third kappa shape index (κ3) is 3.34. The van der Waals surface area contributed by atoms with Crippen molar-refractivity contribution < 1.29 is 0 Å². The molecule has 0 aliphatic rings. The topological polar surface area (TPSA) is 38.9 Å². The van der Waals surface area contributed by atoms with E-state index in [4.69, 9.17) is 17.3 Å². The van der Waals surface area contributed by atoms with Crippen molar-refractivity contribution in [1.29, 1.82) is 0 Å². The van der Waals surface area contributed by atoms with Crippen LogP contribution in [0.2, 0.25) is 5.02 Å². The molecule has 100 valence electrons. The van der Waals surface area contributed by atoms with E-state index in [1.54, 1.807) is 0 Å². The van der Waals surface area contributed by atoms with Crippen molar-refractivity contribution in [1.82, 2.24) is 4.98 Å². The van der Waals surface area contributed by atoms with Gasteiger partial charge in [-0.3, -0.25) is 4.98 Å². The van der Waals surface area contributed by atoms with Crippen molar-refractivity contribution in [2.24, 2.45) is 5.73 Å². The van der Waals surface area contributed by atoms with E-state index in [-0.39, 0.29) is 6.04 Å². The Morgan fingerprint density at radius 3 is 2.53 bits per heavy atom. The van der Waals surface area contributed by atoms with Crippen LogP contribution in [0.25, 0.3) is 0 Å². The number of nitrogens with two attached hydrogens (primary N) is 1. The molecule has 3 heteroatoms. The molecule has 0 bridgehead atoms. The highest BCUT2D eigenvalue weighted by atomic mass is 35.5. The predicted molar refractivity (Wildman–Crippen MR) is 80.5 cm³/mol. The van der Waals surface area contributed by atoms with Gasteiger partial charge in [0, 0.05) is 22.5 Å². The maximum atomic E-state index is 6.29. The second-order valence-electron chi connectivity index (χ2n) is 5.03. The molecule has 0 radical (unpaired) electrons. The normalized spacial score (nSPS) is 12.5. The van der Waals surface area contributed by atoms with Gasteiger partial charge in [0.05, 0.1) is 0 Å². The highest BCUT2D eigenvalue weighted by Gasteiger charge is 2.12. The van der Waals surface area contributed by atoms with Crippen LogP contribution in [0.15, 0.2) is 30.3 Å². The molecule has 0 saturated heterocycles. The zero-order valence-corrected chi connectivity index (χ0v) is 12.3. The van der Waals surface area contributed by atoms with E-state index < -0.39 is 0 Å². The Balaban J connectivity index is 2.23. The Hall–Kier alpha value is -1.38. The molecule has 1 unspecified atom stereocenters. The molecule has 0 aliphatic carbocycles. The van der Waals surface area contributed by atoms with E-state index in [9.17, 15) is 0 Å². The van der Waals surface area contributed by atoms with Gasteiger partial charge in [0.1, 0.15) is 0 Å². The van der Waals surface area contributed by atoms with Gasteiger partial charge in [0.25, 0.3) is 0 Å². The third-order valence-corrected chi connectivity index (χ3v) is 3.67. The number of rotatable bonds is 3. The number of aromatic nitrogens is 1. The first-order valence-corrected chi connectivity index (χ1v) is 6.80. The van der Waals surface area contributed by atoms with E-state index in [2.05, 4.69) is 23.2 Å². The van der Waals surface area contributed by atoms with Crippen molar-refractivity contribution in [3.63, 3.8) is 0 Å². The lowest BCUT2D eigenvalue weighted by molar-refractivity contribution is 0.709. The molecule has 2 N–H and O–H groups in total. The van der Waals surface area contributed by atoms with E-state index in [1.165, 1.54) is 0 Å². The highest BCUT2D eigenvalue weighted by molar-refractivity contribution is 6.31. The summed E-state index contributed by atoms with van der Waals surface area (Å²) in [4.78, 5) is 4.46. The van der Waals surface area contributed by atoms with Gasteiger partial charge in [0.2, 0.25) is 0 Å². The number of hydrogen-bond acceptors (Lipinski definition) is 2. The summed E-state index contributed by atoms with van der Waals surface area (Å²) >= 11 is 6.25. The Bertz CT molecular complexity index is 593. The lowest BCUT2D eigenvalue weighted by atomic mass is 9.98. The molecule has 0 aliphatic heterocycles. The highest BCUT2D eigenvalue weighted by Crippen LogP contribution is 2.24. The number of aryl methyl sites for hydroxylation is 3. The monoisotopic (exact) mass is 274 g/mol. The molecule has 1 heterocycles. The Kier molecular flexibility index (Phi) is 4.23. The Labute approximate surface area is 119 Å². The van der Waals surface area contributed by atoms with Crippen LogP contribution in [0.4, 0.5) is 0 Å². The Morgan fingerprint density at radius 1 is 1.16 bits per heavy atom. The van der Waals surface area contributed by atoms with Gasteiger partial charge in [-0.1, -0.05) is 29.8 Å². The minimum Gasteiger partial charge on any atom is -0.324 e. The van der Waals surface area contributed by atoms with Gasteiger partial charge in [-0.2, -0.15) is 0 Å². The number of hydrogen-bond donors (Lipinski definition) is 1. The second-order valence-corrected chi connectivity index (χ2v) is 5.44. The fourth-order valence-electron chi connectivity index (χ4n) is 2.25. The summed E-state index contributed by atoms with van der Waals surface area (Å²) in [6.07, 6.45) is 0.727. The summed E-state index contributed by atoms with van der Waals surface area (Å²) < 4.78 is 0. The van der Waals surface area contributed by atoms with Crippen LogP contribution >= 0.6 is 11.6 Å². The van der Waals surface area contributed by atoms with Crippen LogP contribution in [0.5, 0.6) is 0 Å². The van der Waals surface area contributed by atoms with Crippen LogP contribution < -0.4 is 5.73 Å². The van der Waals surface area contributed by atoms with Gasteiger partial charge >= 0.3 is 0 Å². The molecular weight excluding hydrogens is 256 g/mol. The zero-order valence-electron chi connectivity index (χ0n) is 11.6. The summed E-state index contributed by atoms with van der Waals surface area (Å²) in [6.45, 7) is 6.02. The maximum Gasteiger partial charge on any atom is 0.0441 e. The predicted octanol–water partition coefficient (Wildman–Crippen LogP) is 3.90. The third-order valence-electron chi connectivity index (χ3n) is 3.31. The van der Waals surface area contributed by atoms with Crippen molar-refractivity contribution in [3.05, 3.63) is 63.4 Å². The molecule has 1 atom stereocenters. The molecule has 0 spiro atoms. The molecule has 0 saturated carbocycles. The SMILES string of the molecule is Cc1ccc(CC(N)c2ccc(C)nc2C)c(Cl)c1. The largest absolute Gasteiger partial charge is 0.324 e. The minimum absolute atomic E-state index is 0.0756. The minimum atomic E-state index is -0.0756. The van der Waals surface area contributed by atoms with Crippen molar-refractivity contribution in [3.8, 4) is 0 Å². The fraction of sp³-hybridized carbons (Fsp3) is 0.312. The average Bonchev–Trinajstić information content (AvgIpc) is 2.32. The van der Waals surface area contributed by atoms with Crippen LogP contribution in [-0.4, -0.2) is 4.98 Å². The quantitative estimate of drug-likeness (QED) is 0.922. The summed E-state index contributed by atoms with van der Waals surface area (Å²) in [5.41, 5.74) is 11.6. The molecule has 2 rings (SSSR count). The zero-order chi connectivity index (χ0) is 14.0. The van der Waals surface area contributed by atoms with Gasteiger partial charge in [-0.05, 0) is 56.0 Å². The van der Waals surface area contributed by atoms with E-state index >= 15 is 0 Å². The van der Waals surface area contributed by atoms with Crippen LogP contribution in [0.1, 0.15) is 34.1 Å². The van der Waals surface area contributed by atoms with E-state index in [0.717, 1.165) is 39.5 Å². The van der Waals surface area contributed by atoms with Gasteiger partial charge in [-0.15, -0.1) is 0 Å². The summed E-state index contributed by atoms with van der Waals surface area (Å²) in [6, 6.07) is 10.1. The fourth-order valence-corrected chi connectivity index (χ4v) is 2.57. The summed E-state index contributed by atoms with van der Waals surface area (Å²) in [5, 5.41) is 0.785. The number of nitrogens with zero attached hydrogens (tertiary/aromatic N) is 1. The molecule has 0 amide bonds. The first-order valence-electron chi connectivity index (χ1n) is 6.42. The summed E-state index contributed by atoms with van der Waals surface area (Å²) in [5.74, 6) is 0. The lowest BCUT2D eigenvalue weighted by Gasteiger charge is -2.15. The Morgan fingerprint density at radius 2 is 1.89 bits per heavy atom. The number of pyridine rings is 1. The first-order chi connectivity index (χ1) is 8.97. The first kappa shape index (κ1) is 14.0. The van der Waals surface area contributed by atoms with Crippen LogP contribution in [0.3, 0.4) is 0 Å². The van der Waals surface area contributed by atoms with E-state index in [1.807, 2.05) is 32.9 Å². The molecule has 1 aromatic heterocycles. The van der Waals surface area contributed by atoms with Crippen molar-refractivity contribution >= 4 is 11.6 Å². The number of halogens is 1. The van der Waals surface area contributed by atoms with Gasteiger partial charge in [0.15, 0.2) is 0 Å². The smallest absolute Gasteiger partial charge is 0.0441 e. The van der Waals surface area contributed by atoms with Gasteiger partial charge in [-0.25, -0.2) is 0 Å². The lowest BCUT2D eigenvalue weighted by Crippen LogP contribution is -2.15. The molecule has 1 aromatic carbocycles. The number of benzene rings is 1. The van der Waals surface area contributed by atoms with Crippen LogP contribution in [0, 0.1) is 20.8 Å². The average molecular weight is 275 g/mol. The molecular formula is C16H19ClN2. The van der Waals surface area contributed by atoms with Crippen molar-refractivity contribution in [2.75, 3.05) is 0 Å². The molecule has 19 heavy (non-hydrogen) atoms. The maximum absolute atomic E-state index is 6.29. The molecule has 2 aromatic rings. The summed E-state index contributed by atoms with van der Waals surface area (Å²) in [7, 11) is 0. The molecule has 2 nitrogen and oxygen atoms in total. The van der Waals surface area contributed by atoms with Crippen molar-refractivity contribution in [2.45, 2.75) is 33.2 Å². The van der Waals surface area contributed by atoms with Gasteiger partial charge < -0.3 is 5.73 Å². The second kappa shape index (κ2) is 5.72. The standard InChI is InChI=1S/C16H19ClN2/c1-10-4-6-13(15(17)8-10)9-16(18)14-7-5-11(2)19-12(14)3/h4-8,16H,9,18H2,1-3H3. The molecule has 0 fully saturated rings. The van der Waals surface area contributed by atoms with E-state index in [0.29, 0.717) is 0 Å². The van der Waals surface area contributed by atoms with Crippen LogP contribution in [-0.2, 0) is 6.42 Å².